The van der Waals surface area contributed by atoms with Gasteiger partial charge in [0.15, 0.2) is 0 Å². The molecule has 1 atom stereocenters. The van der Waals surface area contributed by atoms with Crippen molar-refractivity contribution in [2.24, 2.45) is 3.77 Å². The molecule has 0 fully saturated rings. The van der Waals surface area contributed by atoms with Crippen LogP contribution in [0.5, 0.6) is 0 Å². The predicted molar refractivity (Wildman–Crippen MR) is 84.4 cm³/mol. The van der Waals surface area contributed by atoms with Crippen molar-refractivity contribution < 1.29 is 12.6 Å². The lowest BCUT2D eigenvalue weighted by molar-refractivity contribution is 0.598. The Hall–Kier alpha value is -1.37. The Morgan fingerprint density at radius 1 is 0.905 bits per heavy atom. The van der Waals surface area contributed by atoms with Gasteiger partial charge in [0, 0.05) is 4.90 Å². The molecule has 0 aromatic heterocycles. The molecule has 7 heteroatoms. The van der Waals surface area contributed by atoms with Gasteiger partial charge >= 0.3 is 0 Å². The van der Waals surface area contributed by atoms with Crippen LogP contribution in [-0.4, -0.2) is 17.8 Å². The van der Waals surface area contributed by atoms with E-state index in [0.717, 1.165) is 5.56 Å². The zero-order valence-electron chi connectivity index (χ0n) is 11.3. The highest BCUT2D eigenvalue weighted by molar-refractivity contribution is 8.03. The number of alkyl halides is 1. The molecule has 1 unspecified atom stereocenters. The normalized spacial score (nSPS) is 14.4. The van der Waals surface area contributed by atoms with E-state index in [4.69, 9.17) is 11.6 Å². The van der Waals surface area contributed by atoms with Crippen LogP contribution in [0, 0.1) is 6.92 Å². The Morgan fingerprint density at radius 2 is 1.48 bits per heavy atom. The van der Waals surface area contributed by atoms with Crippen LogP contribution in [0.3, 0.4) is 0 Å². The van der Waals surface area contributed by atoms with E-state index in [0.29, 0.717) is 4.90 Å². The van der Waals surface area contributed by atoms with Crippen molar-refractivity contribution in [1.82, 2.24) is 0 Å². The van der Waals surface area contributed by atoms with Crippen LogP contribution >= 0.6 is 11.6 Å². The Bertz CT molecular complexity index is 838. The SMILES string of the molecule is Cc1ccc(S(=O)(=O)N=S(=O)(CCl)c2ccccc2)cc1. The van der Waals surface area contributed by atoms with E-state index in [2.05, 4.69) is 3.77 Å². The van der Waals surface area contributed by atoms with E-state index >= 15 is 0 Å². The molecule has 0 aliphatic carbocycles. The lowest BCUT2D eigenvalue weighted by Gasteiger charge is -2.07. The Balaban J connectivity index is 2.59. The molecule has 0 N–H and O–H groups in total. The summed E-state index contributed by atoms with van der Waals surface area (Å²) < 4.78 is 40.9. The number of hydrogen-bond donors (Lipinski definition) is 0. The number of halogens is 1. The van der Waals surface area contributed by atoms with Crippen molar-refractivity contribution in [3.05, 3.63) is 60.2 Å². The second-order valence-electron chi connectivity index (χ2n) is 4.43. The molecule has 2 aromatic rings. The monoisotopic (exact) mass is 343 g/mol. The Kier molecular flexibility index (Phi) is 4.70. The van der Waals surface area contributed by atoms with Gasteiger partial charge in [-0.1, -0.05) is 35.9 Å². The van der Waals surface area contributed by atoms with Crippen LogP contribution in [-0.2, 0) is 19.8 Å². The average Bonchev–Trinajstić information content (AvgIpc) is 2.48. The predicted octanol–water partition coefficient (Wildman–Crippen LogP) is 3.41. The molecule has 2 rings (SSSR count). The summed E-state index contributed by atoms with van der Waals surface area (Å²) in [5.41, 5.74) is 0.926. The molecule has 0 saturated heterocycles. The Labute approximate surface area is 130 Å². The lowest BCUT2D eigenvalue weighted by atomic mass is 10.2. The smallest absolute Gasteiger partial charge is 0.242 e. The highest BCUT2D eigenvalue weighted by atomic mass is 35.5. The lowest BCUT2D eigenvalue weighted by Crippen LogP contribution is -2.07. The van der Waals surface area contributed by atoms with Gasteiger partial charge in [-0.25, -0.2) is 4.21 Å². The maximum Gasteiger partial charge on any atom is 0.290 e. The van der Waals surface area contributed by atoms with E-state index in [1.165, 1.54) is 12.1 Å². The topological polar surface area (TPSA) is 63.6 Å². The zero-order chi connectivity index (χ0) is 15.5. The van der Waals surface area contributed by atoms with E-state index in [9.17, 15) is 12.6 Å². The van der Waals surface area contributed by atoms with Gasteiger partial charge in [-0.2, -0.15) is 8.42 Å². The van der Waals surface area contributed by atoms with Gasteiger partial charge in [-0.15, -0.1) is 15.4 Å². The summed E-state index contributed by atoms with van der Waals surface area (Å²) in [6, 6.07) is 14.4. The summed E-state index contributed by atoms with van der Waals surface area (Å²) in [6.07, 6.45) is 0. The molecule has 0 amide bonds. The van der Waals surface area contributed by atoms with Gasteiger partial charge in [0.25, 0.3) is 10.0 Å². The summed E-state index contributed by atoms with van der Waals surface area (Å²) in [5.74, 6) is 0. The molecule has 2 aromatic carbocycles. The first kappa shape index (κ1) is 16.0. The third kappa shape index (κ3) is 3.64. The largest absolute Gasteiger partial charge is 0.290 e. The quantitative estimate of drug-likeness (QED) is 0.799. The van der Waals surface area contributed by atoms with Crippen LogP contribution < -0.4 is 0 Å². The Morgan fingerprint density at radius 3 is 2.00 bits per heavy atom. The molecule has 0 aliphatic heterocycles. The summed E-state index contributed by atoms with van der Waals surface area (Å²) in [4.78, 5) is 0.303. The molecule has 0 heterocycles. The minimum Gasteiger partial charge on any atom is -0.242 e. The van der Waals surface area contributed by atoms with Crippen molar-refractivity contribution in [2.45, 2.75) is 16.7 Å². The molecule has 0 saturated carbocycles. The first-order valence-electron chi connectivity index (χ1n) is 6.06. The molecule has 0 radical (unpaired) electrons. The highest BCUT2D eigenvalue weighted by Crippen LogP contribution is 2.21. The minimum atomic E-state index is -4.03. The summed E-state index contributed by atoms with van der Waals surface area (Å²) in [7, 11) is -7.25. The maximum absolute atomic E-state index is 12.7. The first-order valence-corrected chi connectivity index (χ1v) is 9.72. The molecule has 112 valence electrons. The maximum atomic E-state index is 12.7. The second-order valence-corrected chi connectivity index (χ2v) is 9.07. The van der Waals surface area contributed by atoms with Crippen molar-refractivity contribution in [2.75, 3.05) is 5.21 Å². The van der Waals surface area contributed by atoms with E-state index < -0.39 is 19.8 Å². The standard InChI is InChI=1S/C14H14ClNO3S2/c1-12-7-9-14(10-8-12)21(18,19)16-20(17,11-15)13-5-3-2-4-6-13/h2-10H,11H2,1H3. The third-order valence-electron chi connectivity index (χ3n) is 2.80. The average molecular weight is 344 g/mol. The van der Waals surface area contributed by atoms with Gasteiger partial charge < -0.3 is 0 Å². The highest BCUT2D eigenvalue weighted by Gasteiger charge is 2.19. The second kappa shape index (κ2) is 6.17. The first-order chi connectivity index (χ1) is 9.87. The van der Waals surface area contributed by atoms with Gasteiger partial charge in [0.2, 0.25) is 0 Å². The fourth-order valence-electron chi connectivity index (χ4n) is 1.67. The number of aryl methyl sites for hydroxylation is 1. The van der Waals surface area contributed by atoms with Crippen molar-refractivity contribution in [3.8, 4) is 0 Å². The summed E-state index contributed by atoms with van der Waals surface area (Å²) >= 11 is 5.73. The van der Waals surface area contributed by atoms with Crippen molar-refractivity contribution in [3.63, 3.8) is 0 Å². The summed E-state index contributed by atoms with van der Waals surface area (Å²) in [5, 5.41) is -0.387. The van der Waals surface area contributed by atoms with Crippen molar-refractivity contribution in [1.29, 1.82) is 0 Å². The minimum absolute atomic E-state index is 0.00173. The molecule has 0 spiro atoms. The van der Waals surface area contributed by atoms with Crippen LogP contribution in [0.25, 0.3) is 0 Å². The van der Waals surface area contributed by atoms with Crippen LogP contribution in [0.2, 0.25) is 0 Å². The van der Waals surface area contributed by atoms with Crippen LogP contribution in [0.1, 0.15) is 5.56 Å². The number of benzene rings is 2. The number of hydrogen-bond acceptors (Lipinski definition) is 3. The van der Waals surface area contributed by atoms with Crippen LogP contribution in [0.4, 0.5) is 0 Å². The van der Waals surface area contributed by atoms with Gasteiger partial charge in [-0.05, 0) is 31.2 Å². The fraction of sp³-hybridized carbons (Fsp3) is 0.143. The molecule has 21 heavy (non-hydrogen) atoms. The molecular formula is C14H14ClNO3S2. The van der Waals surface area contributed by atoms with E-state index in [1.807, 2.05) is 6.92 Å². The summed E-state index contributed by atoms with van der Waals surface area (Å²) in [6.45, 7) is 1.85. The number of rotatable bonds is 4. The van der Waals surface area contributed by atoms with Gasteiger partial charge in [0.1, 0.15) is 14.9 Å². The zero-order valence-corrected chi connectivity index (χ0v) is 13.7. The molecule has 0 bridgehead atoms. The van der Waals surface area contributed by atoms with Crippen LogP contribution in [0.15, 0.2) is 68.2 Å². The molecule has 0 aliphatic rings. The third-order valence-corrected chi connectivity index (χ3v) is 7.60. The molecule has 4 nitrogen and oxygen atoms in total. The number of sulfonamides is 1. The fourth-order valence-corrected chi connectivity index (χ4v) is 5.71. The molecular weight excluding hydrogens is 330 g/mol. The number of nitrogens with zero attached hydrogens (tertiary/aromatic N) is 1. The van der Waals surface area contributed by atoms with Gasteiger partial charge in [-0.3, -0.25) is 0 Å². The van der Waals surface area contributed by atoms with Crippen molar-refractivity contribution >= 4 is 31.4 Å². The van der Waals surface area contributed by atoms with Gasteiger partial charge in [0.05, 0.1) is 4.90 Å². The van der Waals surface area contributed by atoms with E-state index in [1.54, 1.807) is 42.5 Å². The van der Waals surface area contributed by atoms with E-state index in [-0.39, 0.29) is 10.1 Å².